The molecule has 1 atom stereocenters. The van der Waals surface area contributed by atoms with Crippen LogP contribution in [0.3, 0.4) is 0 Å². The molecule has 1 unspecified atom stereocenters. The van der Waals surface area contributed by atoms with Crippen LogP contribution in [0.4, 0.5) is 0 Å². The highest BCUT2D eigenvalue weighted by Crippen LogP contribution is 2.30. The highest BCUT2D eigenvalue weighted by atomic mass is 16.5. The maximum Gasteiger partial charge on any atom is 0.120 e. The number of hydrogen-bond acceptors (Lipinski definition) is 2. The van der Waals surface area contributed by atoms with Crippen LogP contribution in [-0.4, -0.2) is 16.3 Å². The maximum absolute atomic E-state index is 8.87. The summed E-state index contributed by atoms with van der Waals surface area (Å²) >= 11 is 0. The molecule has 1 aliphatic rings. The fraction of sp³-hybridized carbons (Fsp3) is 0.583. The van der Waals surface area contributed by atoms with Gasteiger partial charge in [0.15, 0.2) is 0 Å². The predicted octanol–water partition coefficient (Wildman–Crippen LogP) is 2.32. The number of hydrogen-bond donors (Lipinski definition) is 0. The summed E-state index contributed by atoms with van der Waals surface area (Å²) in [5.41, 5.74) is 0.716. The van der Waals surface area contributed by atoms with E-state index in [0.717, 1.165) is 19.4 Å². The highest BCUT2D eigenvalue weighted by molar-refractivity contribution is 5.22. The van der Waals surface area contributed by atoms with E-state index in [0.29, 0.717) is 5.69 Å². The molecular formula is C12H16N2O. The first-order valence-corrected chi connectivity index (χ1v) is 5.34. The molecule has 80 valence electrons. The Kier molecular flexibility index (Phi) is 2.54. The molecule has 0 bridgehead atoms. The van der Waals surface area contributed by atoms with Crippen molar-refractivity contribution in [3.8, 4) is 6.07 Å². The van der Waals surface area contributed by atoms with Crippen molar-refractivity contribution in [2.45, 2.75) is 44.9 Å². The molecule has 0 N–H and O–H groups in total. The molecule has 0 radical (unpaired) electrons. The van der Waals surface area contributed by atoms with Crippen molar-refractivity contribution in [2.75, 3.05) is 0 Å². The van der Waals surface area contributed by atoms with Crippen molar-refractivity contribution < 1.29 is 4.74 Å². The molecular weight excluding hydrogens is 188 g/mol. The lowest BCUT2D eigenvalue weighted by atomic mass is 10.1. The van der Waals surface area contributed by atoms with Gasteiger partial charge in [0.05, 0.1) is 11.7 Å². The zero-order chi connectivity index (χ0) is 10.9. The van der Waals surface area contributed by atoms with Gasteiger partial charge in [-0.05, 0) is 38.8 Å². The number of nitriles is 1. The summed E-state index contributed by atoms with van der Waals surface area (Å²) < 4.78 is 7.86. The minimum atomic E-state index is 0.00459. The second-order valence-corrected chi connectivity index (χ2v) is 4.70. The molecule has 1 aromatic rings. The molecule has 1 aromatic heterocycles. The lowest BCUT2D eigenvalue weighted by Crippen LogP contribution is -2.23. The van der Waals surface area contributed by atoms with Crippen molar-refractivity contribution >= 4 is 0 Å². The van der Waals surface area contributed by atoms with E-state index in [1.807, 2.05) is 22.9 Å². The van der Waals surface area contributed by atoms with Crippen molar-refractivity contribution in [1.82, 2.24) is 4.57 Å². The van der Waals surface area contributed by atoms with Crippen LogP contribution in [0, 0.1) is 11.3 Å². The van der Waals surface area contributed by atoms with Crippen LogP contribution in [0.2, 0.25) is 0 Å². The van der Waals surface area contributed by atoms with Crippen molar-refractivity contribution in [3.05, 3.63) is 24.0 Å². The Bertz CT molecular complexity index is 387. The van der Waals surface area contributed by atoms with E-state index in [-0.39, 0.29) is 11.7 Å². The SMILES string of the molecule is CC1(C)CCC(Cn2cccc2C#N)O1. The van der Waals surface area contributed by atoms with Crippen LogP contribution in [0.1, 0.15) is 32.4 Å². The van der Waals surface area contributed by atoms with Crippen LogP contribution in [0.25, 0.3) is 0 Å². The van der Waals surface area contributed by atoms with Gasteiger partial charge in [0, 0.05) is 12.7 Å². The van der Waals surface area contributed by atoms with E-state index in [9.17, 15) is 0 Å². The van der Waals surface area contributed by atoms with Gasteiger partial charge >= 0.3 is 0 Å². The average Bonchev–Trinajstić information content (AvgIpc) is 2.73. The Balaban J connectivity index is 2.02. The number of nitrogens with zero attached hydrogens (tertiary/aromatic N) is 2. The van der Waals surface area contributed by atoms with Gasteiger partial charge in [-0.2, -0.15) is 5.26 Å². The topological polar surface area (TPSA) is 38.0 Å². The maximum atomic E-state index is 8.87. The average molecular weight is 204 g/mol. The first-order chi connectivity index (χ1) is 7.11. The molecule has 2 heterocycles. The lowest BCUT2D eigenvalue weighted by Gasteiger charge is -2.19. The predicted molar refractivity (Wildman–Crippen MR) is 57.3 cm³/mol. The number of ether oxygens (including phenoxy) is 1. The summed E-state index contributed by atoms with van der Waals surface area (Å²) in [4.78, 5) is 0. The van der Waals surface area contributed by atoms with Gasteiger partial charge in [-0.15, -0.1) is 0 Å². The molecule has 3 heteroatoms. The molecule has 1 saturated heterocycles. The van der Waals surface area contributed by atoms with Gasteiger partial charge in [-0.25, -0.2) is 0 Å². The van der Waals surface area contributed by atoms with Crippen molar-refractivity contribution in [2.24, 2.45) is 0 Å². The number of aromatic nitrogens is 1. The monoisotopic (exact) mass is 204 g/mol. The second-order valence-electron chi connectivity index (χ2n) is 4.70. The van der Waals surface area contributed by atoms with Gasteiger partial charge in [-0.1, -0.05) is 0 Å². The van der Waals surface area contributed by atoms with Crippen LogP contribution < -0.4 is 0 Å². The Morgan fingerprint density at radius 2 is 2.47 bits per heavy atom. The highest BCUT2D eigenvalue weighted by Gasteiger charge is 2.31. The Morgan fingerprint density at radius 1 is 1.67 bits per heavy atom. The van der Waals surface area contributed by atoms with E-state index >= 15 is 0 Å². The summed E-state index contributed by atoms with van der Waals surface area (Å²) in [5, 5.41) is 8.87. The quantitative estimate of drug-likeness (QED) is 0.741. The zero-order valence-electron chi connectivity index (χ0n) is 9.23. The van der Waals surface area contributed by atoms with Crippen LogP contribution in [0.15, 0.2) is 18.3 Å². The van der Waals surface area contributed by atoms with Crippen LogP contribution in [-0.2, 0) is 11.3 Å². The Morgan fingerprint density at radius 3 is 3.07 bits per heavy atom. The standard InChI is InChI=1S/C12H16N2O/c1-12(2)6-5-11(15-12)9-14-7-3-4-10(14)8-13/h3-4,7,11H,5-6,9H2,1-2H3. The van der Waals surface area contributed by atoms with Gasteiger partial charge in [0.2, 0.25) is 0 Å². The molecule has 0 amide bonds. The minimum absolute atomic E-state index is 0.00459. The summed E-state index contributed by atoms with van der Waals surface area (Å²) in [6.07, 6.45) is 4.36. The first-order valence-electron chi connectivity index (χ1n) is 5.34. The molecule has 0 saturated carbocycles. The molecule has 0 spiro atoms. The molecule has 2 rings (SSSR count). The third-order valence-electron chi connectivity index (χ3n) is 2.90. The number of rotatable bonds is 2. The van der Waals surface area contributed by atoms with E-state index in [4.69, 9.17) is 10.00 Å². The molecule has 0 aliphatic carbocycles. The smallest absolute Gasteiger partial charge is 0.120 e. The van der Waals surface area contributed by atoms with E-state index in [1.54, 1.807) is 0 Å². The summed E-state index contributed by atoms with van der Waals surface area (Å²) in [6, 6.07) is 5.91. The van der Waals surface area contributed by atoms with Crippen LogP contribution >= 0.6 is 0 Å². The Hall–Kier alpha value is -1.27. The van der Waals surface area contributed by atoms with E-state index in [2.05, 4.69) is 19.9 Å². The summed E-state index contributed by atoms with van der Waals surface area (Å²) in [5.74, 6) is 0. The second kappa shape index (κ2) is 3.71. The van der Waals surface area contributed by atoms with E-state index in [1.165, 1.54) is 0 Å². The largest absolute Gasteiger partial charge is 0.370 e. The van der Waals surface area contributed by atoms with Gasteiger partial charge in [0.25, 0.3) is 0 Å². The van der Waals surface area contributed by atoms with Gasteiger partial charge < -0.3 is 9.30 Å². The van der Waals surface area contributed by atoms with Gasteiger partial charge in [-0.3, -0.25) is 0 Å². The minimum Gasteiger partial charge on any atom is -0.370 e. The zero-order valence-corrected chi connectivity index (χ0v) is 9.23. The van der Waals surface area contributed by atoms with E-state index < -0.39 is 0 Å². The fourth-order valence-corrected chi connectivity index (χ4v) is 2.10. The first kappa shape index (κ1) is 10.3. The Labute approximate surface area is 90.3 Å². The molecule has 1 fully saturated rings. The van der Waals surface area contributed by atoms with Crippen molar-refractivity contribution in [1.29, 1.82) is 5.26 Å². The summed E-state index contributed by atoms with van der Waals surface area (Å²) in [6.45, 7) is 5.03. The third-order valence-corrected chi connectivity index (χ3v) is 2.90. The van der Waals surface area contributed by atoms with Crippen molar-refractivity contribution in [3.63, 3.8) is 0 Å². The summed E-state index contributed by atoms with van der Waals surface area (Å²) in [7, 11) is 0. The molecule has 3 nitrogen and oxygen atoms in total. The fourth-order valence-electron chi connectivity index (χ4n) is 2.10. The lowest BCUT2D eigenvalue weighted by molar-refractivity contribution is -0.0217. The molecule has 15 heavy (non-hydrogen) atoms. The van der Waals surface area contributed by atoms with Crippen LogP contribution in [0.5, 0.6) is 0 Å². The molecule has 0 aromatic carbocycles. The van der Waals surface area contributed by atoms with Gasteiger partial charge in [0.1, 0.15) is 11.8 Å². The molecule has 1 aliphatic heterocycles. The normalized spacial score (nSPS) is 23.9. The third kappa shape index (κ3) is 2.21.